The minimum atomic E-state index is -0.230. The average Bonchev–Trinajstić information content (AvgIpc) is 2.57. The molecule has 22 heavy (non-hydrogen) atoms. The van der Waals surface area contributed by atoms with E-state index in [2.05, 4.69) is 0 Å². The Morgan fingerprint density at radius 3 is 1.68 bits per heavy atom. The highest BCUT2D eigenvalue weighted by atomic mass is 16.5. The van der Waals surface area contributed by atoms with Gasteiger partial charge >= 0.3 is 11.9 Å². The van der Waals surface area contributed by atoms with Crippen LogP contribution in [0.2, 0.25) is 0 Å². The number of rotatable bonds is 6. The van der Waals surface area contributed by atoms with Crippen LogP contribution in [0.3, 0.4) is 0 Å². The SMILES string of the molecule is CCC(=O)OCc1cccc2cccc(COC(=O)CC)c12. The summed E-state index contributed by atoms with van der Waals surface area (Å²) in [6.07, 6.45) is 0.706. The predicted molar refractivity (Wildman–Crippen MR) is 84.1 cm³/mol. The van der Waals surface area contributed by atoms with Crippen LogP contribution >= 0.6 is 0 Å². The van der Waals surface area contributed by atoms with Crippen molar-refractivity contribution in [2.45, 2.75) is 39.9 Å². The Balaban J connectivity index is 2.31. The Bertz CT molecular complexity index is 621. The molecule has 0 heterocycles. The fraction of sp³-hybridized carbons (Fsp3) is 0.333. The molecule has 0 amide bonds. The average molecular weight is 300 g/mol. The van der Waals surface area contributed by atoms with Gasteiger partial charge in [0.15, 0.2) is 0 Å². The van der Waals surface area contributed by atoms with Crippen molar-refractivity contribution >= 4 is 22.7 Å². The van der Waals surface area contributed by atoms with Gasteiger partial charge in [-0.25, -0.2) is 0 Å². The Labute approximate surface area is 130 Å². The first-order valence-corrected chi connectivity index (χ1v) is 7.46. The summed E-state index contributed by atoms with van der Waals surface area (Å²) in [4.78, 5) is 22.7. The number of carbonyl (C=O) groups is 2. The Morgan fingerprint density at radius 2 is 1.27 bits per heavy atom. The third-order valence-corrected chi connectivity index (χ3v) is 3.43. The van der Waals surface area contributed by atoms with Gasteiger partial charge in [0.1, 0.15) is 13.2 Å². The van der Waals surface area contributed by atoms with E-state index in [0.717, 1.165) is 21.9 Å². The molecule has 0 aliphatic rings. The lowest BCUT2D eigenvalue weighted by Crippen LogP contribution is -2.05. The number of benzene rings is 2. The molecule has 0 bridgehead atoms. The number of ether oxygens (including phenoxy) is 2. The normalized spacial score (nSPS) is 10.5. The molecule has 0 aromatic heterocycles. The van der Waals surface area contributed by atoms with Crippen molar-refractivity contribution < 1.29 is 19.1 Å². The minimum absolute atomic E-state index is 0.225. The largest absolute Gasteiger partial charge is 0.461 e. The molecule has 0 fully saturated rings. The Hall–Kier alpha value is -2.36. The second kappa shape index (κ2) is 7.59. The van der Waals surface area contributed by atoms with Crippen molar-refractivity contribution in [1.82, 2.24) is 0 Å². The van der Waals surface area contributed by atoms with Gasteiger partial charge in [-0.3, -0.25) is 9.59 Å². The molecule has 2 rings (SSSR count). The molecule has 0 unspecified atom stereocenters. The fourth-order valence-corrected chi connectivity index (χ4v) is 2.26. The van der Waals surface area contributed by atoms with Crippen LogP contribution in [-0.2, 0) is 32.3 Å². The molecule has 0 aliphatic heterocycles. The molecule has 0 saturated heterocycles. The lowest BCUT2D eigenvalue weighted by Gasteiger charge is -2.12. The Kier molecular flexibility index (Phi) is 5.53. The smallest absolute Gasteiger partial charge is 0.305 e. The number of fused-ring (bicyclic) bond motifs is 1. The quantitative estimate of drug-likeness (QED) is 0.762. The molecule has 0 aliphatic carbocycles. The summed E-state index contributed by atoms with van der Waals surface area (Å²) in [6, 6.07) is 11.7. The van der Waals surface area contributed by atoms with Crippen molar-refractivity contribution in [2.24, 2.45) is 0 Å². The van der Waals surface area contributed by atoms with Crippen LogP contribution in [0.25, 0.3) is 10.8 Å². The summed E-state index contributed by atoms with van der Waals surface area (Å²) >= 11 is 0. The molecule has 2 aromatic rings. The molecular weight excluding hydrogens is 280 g/mol. The number of carbonyl (C=O) groups excluding carboxylic acids is 2. The summed E-state index contributed by atoms with van der Waals surface area (Å²) in [5.74, 6) is -0.459. The zero-order valence-electron chi connectivity index (χ0n) is 12.9. The maximum Gasteiger partial charge on any atom is 0.305 e. The van der Waals surface area contributed by atoms with E-state index in [1.807, 2.05) is 36.4 Å². The highest BCUT2D eigenvalue weighted by Gasteiger charge is 2.10. The predicted octanol–water partition coefficient (Wildman–Crippen LogP) is 3.75. The van der Waals surface area contributed by atoms with Gasteiger partial charge in [-0.2, -0.15) is 0 Å². The highest BCUT2D eigenvalue weighted by molar-refractivity contribution is 5.89. The zero-order chi connectivity index (χ0) is 15.9. The van der Waals surface area contributed by atoms with Gasteiger partial charge in [-0.15, -0.1) is 0 Å². The molecule has 2 aromatic carbocycles. The standard InChI is InChI=1S/C18H20O4/c1-3-16(19)21-11-14-9-5-7-13-8-6-10-15(18(13)14)12-22-17(20)4-2/h5-10H,3-4,11-12H2,1-2H3. The molecule has 0 radical (unpaired) electrons. The van der Waals surface area contributed by atoms with Crippen LogP contribution in [0.1, 0.15) is 37.8 Å². The van der Waals surface area contributed by atoms with Gasteiger partial charge in [0, 0.05) is 12.8 Å². The zero-order valence-corrected chi connectivity index (χ0v) is 12.9. The maximum atomic E-state index is 11.4. The summed E-state index contributed by atoms with van der Waals surface area (Å²) in [5.41, 5.74) is 1.84. The van der Waals surface area contributed by atoms with Crippen molar-refractivity contribution in [3.05, 3.63) is 47.5 Å². The van der Waals surface area contributed by atoms with Crippen LogP contribution in [0.5, 0.6) is 0 Å². The van der Waals surface area contributed by atoms with Crippen molar-refractivity contribution in [3.63, 3.8) is 0 Å². The molecule has 0 N–H and O–H groups in total. The van der Waals surface area contributed by atoms with Gasteiger partial charge in [0.25, 0.3) is 0 Å². The minimum Gasteiger partial charge on any atom is -0.461 e. The van der Waals surface area contributed by atoms with Gasteiger partial charge in [0.2, 0.25) is 0 Å². The van der Waals surface area contributed by atoms with E-state index >= 15 is 0 Å². The lowest BCUT2D eigenvalue weighted by atomic mass is 10.00. The van der Waals surface area contributed by atoms with E-state index < -0.39 is 0 Å². The summed E-state index contributed by atoms with van der Waals surface area (Å²) < 4.78 is 10.5. The monoisotopic (exact) mass is 300 g/mol. The third kappa shape index (κ3) is 3.85. The summed E-state index contributed by atoms with van der Waals surface area (Å²) in [7, 11) is 0. The third-order valence-electron chi connectivity index (χ3n) is 3.43. The van der Waals surface area contributed by atoms with Crippen LogP contribution in [0.4, 0.5) is 0 Å². The number of hydrogen-bond donors (Lipinski definition) is 0. The number of hydrogen-bond acceptors (Lipinski definition) is 4. The first kappa shape index (κ1) is 16.0. The van der Waals surface area contributed by atoms with E-state index in [0.29, 0.717) is 12.8 Å². The summed E-state index contributed by atoms with van der Waals surface area (Å²) in [6.45, 7) is 3.98. The van der Waals surface area contributed by atoms with Crippen molar-refractivity contribution in [1.29, 1.82) is 0 Å². The highest BCUT2D eigenvalue weighted by Crippen LogP contribution is 2.24. The second-order valence-electron chi connectivity index (χ2n) is 4.96. The topological polar surface area (TPSA) is 52.6 Å². The lowest BCUT2D eigenvalue weighted by molar-refractivity contribution is -0.145. The van der Waals surface area contributed by atoms with Crippen LogP contribution < -0.4 is 0 Å². The fourth-order valence-electron chi connectivity index (χ4n) is 2.26. The van der Waals surface area contributed by atoms with E-state index in [4.69, 9.17) is 9.47 Å². The molecule has 4 heteroatoms. The second-order valence-corrected chi connectivity index (χ2v) is 4.96. The molecule has 0 saturated carbocycles. The van der Waals surface area contributed by atoms with Crippen molar-refractivity contribution in [3.8, 4) is 0 Å². The van der Waals surface area contributed by atoms with Gasteiger partial charge in [0.05, 0.1) is 0 Å². The molecule has 4 nitrogen and oxygen atoms in total. The first-order valence-electron chi connectivity index (χ1n) is 7.46. The molecular formula is C18H20O4. The van der Waals surface area contributed by atoms with E-state index in [9.17, 15) is 9.59 Å². The maximum absolute atomic E-state index is 11.4. The Morgan fingerprint density at radius 1 is 0.818 bits per heavy atom. The molecule has 116 valence electrons. The number of esters is 2. The van der Waals surface area contributed by atoms with Crippen molar-refractivity contribution in [2.75, 3.05) is 0 Å². The van der Waals surface area contributed by atoms with E-state index in [1.165, 1.54) is 0 Å². The van der Waals surface area contributed by atoms with E-state index in [-0.39, 0.29) is 25.2 Å². The van der Waals surface area contributed by atoms with Crippen LogP contribution in [0.15, 0.2) is 36.4 Å². The van der Waals surface area contributed by atoms with Crippen LogP contribution in [0, 0.1) is 0 Å². The van der Waals surface area contributed by atoms with Gasteiger partial charge in [-0.05, 0) is 21.9 Å². The molecule has 0 spiro atoms. The van der Waals surface area contributed by atoms with Gasteiger partial charge < -0.3 is 9.47 Å². The van der Waals surface area contributed by atoms with E-state index in [1.54, 1.807) is 13.8 Å². The van der Waals surface area contributed by atoms with Gasteiger partial charge in [-0.1, -0.05) is 50.2 Å². The first-order chi connectivity index (χ1) is 10.7. The summed E-state index contributed by atoms with van der Waals surface area (Å²) in [5, 5.41) is 2.02. The van der Waals surface area contributed by atoms with Crippen LogP contribution in [-0.4, -0.2) is 11.9 Å². The molecule has 0 atom stereocenters.